The SMILES string of the molecule is CCCNC1(C(N)=O)CCCC(Sc2ccccc2)C1. The normalized spacial score (nSPS) is 26.4. The van der Waals surface area contributed by atoms with Crippen LogP contribution in [0.2, 0.25) is 0 Å². The number of carbonyl (C=O) groups is 1. The molecule has 20 heavy (non-hydrogen) atoms. The highest BCUT2D eigenvalue weighted by atomic mass is 32.2. The smallest absolute Gasteiger partial charge is 0.237 e. The van der Waals surface area contributed by atoms with Gasteiger partial charge in [0, 0.05) is 10.1 Å². The number of nitrogens with two attached hydrogens (primary N) is 1. The van der Waals surface area contributed by atoms with Crippen LogP contribution in [0.25, 0.3) is 0 Å². The Morgan fingerprint density at radius 2 is 2.20 bits per heavy atom. The van der Waals surface area contributed by atoms with Crippen LogP contribution in [0.3, 0.4) is 0 Å². The molecule has 2 rings (SSSR count). The third kappa shape index (κ3) is 3.76. The van der Waals surface area contributed by atoms with Crippen molar-refractivity contribution in [3.63, 3.8) is 0 Å². The fraction of sp³-hybridized carbons (Fsp3) is 0.562. The molecule has 2 atom stereocenters. The van der Waals surface area contributed by atoms with Gasteiger partial charge in [-0.25, -0.2) is 0 Å². The molecular weight excluding hydrogens is 268 g/mol. The number of benzene rings is 1. The molecule has 3 N–H and O–H groups in total. The predicted octanol–water partition coefficient (Wildman–Crippen LogP) is 2.95. The topological polar surface area (TPSA) is 55.1 Å². The molecule has 1 aromatic carbocycles. The van der Waals surface area contributed by atoms with Gasteiger partial charge in [-0.05, 0) is 50.8 Å². The Hall–Kier alpha value is -1.00. The molecular formula is C16H24N2OS. The second-order valence-electron chi connectivity index (χ2n) is 5.52. The fourth-order valence-electron chi connectivity index (χ4n) is 2.85. The quantitative estimate of drug-likeness (QED) is 0.847. The third-order valence-corrected chi connectivity index (χ3v) is 5.22. The maximum Gasteiger partial charge on any atom is 0.237 e. The molecule has 0 saturated heterocycles. The summed E-state index contributed by atoms with van der Waals surface area (Å²) in [6.07, 6.45) is 4.94. The number of amides is 1. The van der Waals surface area contributed by atoms with E-state index in [9.17, 15) is 4.79 Å². The van der Waals surface area contributed by atoms with Crippen molar-refractivity contribution in [2.75, 3.05) is 6.54 Å². The van der Waals surface area contributed by atoms with Gasteiger partial charge in [-0.3, -0.25) is 4.79 Å². The van der Waals surface area contributed by atoms with Crippen molar-refractivity contribution in [3.05, 3.63) is 30.3 Å². The van der Waals surface area contributed by atoms with E-state index in [4.69, 9.17) is 5.73 Å². The number of nitrogens with one attached hydrogen (secondary N) is 1. The first-order valence-corrected chi connectivity index (χ1v) is 8.31. The highest BCUT2D eigenvalue weighted by molar-refractivity contribution is 8.00. The zero-order valence-electron chi connectivity index (χ0n) is 12.1. The van der Waals surface area contributed by atoms with Gasteiger partial charge < -0.3 is 11.1 Å². The Morgan fingerprint density at radius 1 is 1.45 bits per heavy atom. The lowest BCUT2D eigenvalue weighted by Crippen LogP contribution is -2.58. The van der Waals surface area contributed by atoms with Gasteiger partial charge >= 0.3 is 0 Å². The van der Waals surface area contributed by atoms with Gasteiger partial charge in [-0.1, -0.05) is 25.1 Å². The molecule has 0 radical (unpaired) electrons. The molecule has 1 aromatic rings. The van der Waals surface area contributed by atoms with E-state index in [-0.39, 0.29) is 5.91 Å². The van der Waals surface area contributed by atoms with E-state index in [2.05, 4.69) is 36.5 Å². The molecule has 0 spiro atoms. The van der Waals surface area contributed by atoms with Crippen molar-refractivity contribution in [1.82, 2.24) is 5.32 Å². The van der Waals surface area contributed by atoms with E-state index in [0.29, 0.717) is 5.25 Å². The first-order chi connectivity index (χ1) is 9.66. The van der Waals surface area contributed by atoms with Crippen molar-refractivity contribution < 1.29 is 4.79 Å². The fourth-order valence-corrected chi connectivity index (χ4v) is 4.20. The largest absolute Gasteiger partial charge is 0.368 e. The maximum atomic E-state index is 11.9. The molecule has 0 bridgehead atoms. The van der Waals surface area contributed by atoms with Crippen LogP contribution in [-0.4, -0.2) is 23.2 Å². The summed E-state index contributed by atoms with van der Waals surface area (Å²) < 4.78 is 0. The number of hydrogen-bond donors (Lipinski definition) is 2. The Morgan fingerprint density at radius 3 is 2.85 bits per heavy atom. The van der Waals surface area contributed by atoms with Crippen LogP contribution in [0.15, 0.2) is 35.2 Å². The summed E-state index contributed by atoms with van der Waals surface area (Å²) >= 11 is 1.87. The summed E-state index contributed by atoms with van der Waals surface area (Å²) in [4.78, 5) is 13.2. The van der Waals surface area contributed by atoms with Crippen molar-refractivity contribution in [2.45, 2.75) is 54.7 Å². The second-order valence-corrected chi connectivity index (χ2v) is 6.90. The second kappa shape index (κ2) is 7.14. The summed E-state index contributed by atoms with van der Waals surface area (Å²) in [7, 11) is 0. The molecule has 3 nitrogen and oxygen atoms in total. The third-order valence-electron chi connectivity index (χ3n) is 3.94. The monoisotopic (exact) mass is 292 g/mol. The molecule has 2 unspecified atom stereocenters. The van der Waals surface area contributed by atoms with E-state index < -0.39 is 5.54 Å². The van der Waals surface area contributed by atoms with Gasteiger partial charge in [-0.15, -0.1) is 11.8 Å². The number of rotatable bonds is 6. The van der Waals surface area contributed by atoms with Crippen LogP contribution < -0.4 is 11.1 Å². The van der Waals surface area contributed by atoms with E-state index in [0.717, 1.165) is 38.6 Å². The minimum absolute atomic E-state index is 0.190. The van der Waals surface area contributed by atoms with E-state index in [1.165, 1.54) is 4.90 Å². The zero-order valence-corrected chi connectivity index (χ0v) is 12.9. The average molecular weight is 292 g/mol. The van der Waals surface area contributed by atoms with Crippen LogP contribution in [0.1, 0.15) is 39.0 Å². The van der Waals surface area contributed by atoms with Crippen LogP contribution >= 0.6 is 11.8 Å². The van der Waals surface area contributed by atoms with Crippen molar-refractivity contribution in [1.29, 1.82) is 0 Å². The molecule has 1 amide bonds. The van der Waals surface area contributed by atoms with Gasteiger partial charge in [0.15, 0.2) is 0 Å². The van der Waals surface area contributed by atoms with E-state index in [1.54, 1.807) is 0 Å². The van der Waals surface area contributed by atoms with Crippen molar-refractivity contribution >= 4 is 17.7 Å². The first kappa shape index (κ1) is 15.4. The minimum atomic E-state index is -0.499. The van der Waals surface area contributed by atoms with Gasteiger partial charge in [0.2, 0.25) is 5.91 Å². The molecule has 0 aliphatic heterocycles. The Bertz CT molecular complexity index is 437. The molecule has 1 saturated carbocycles. The highest BCUT2D eigenvalue weighted by Gasteiger charge is 2.41. The lowest BCUT2D eigenvalue weighted by molar-refractivity contribution is -0.125. The number of primary amides is 1. The number of hydrogen-bond acceptors (Lipinski definition) is 3. The Labute approximate surface area is 125 Å². The van der Waals surface area contributed by atoms with Crippen molar-refractivity contribution in [2.24, 2.45) is 5.73 Å². The lowest BCUT2D eigenvalue weighted by Gasteiger charge is -2.39. The highest BCUT2D eigenvalue weighted by Crippen LogP contribution is 2.38. The average Bonchev–Trinajstić information content (AvgIpc) is 2.46. The van der Waals surface area contributed by atoms with Crippen LogP contribution in [0.4, 0.5) is 0 Å². The summed E-state index contributed by atoms with van der Waals surface area (Å²) in [5, 5.41) is 3.87. The van der Waals surface area contributed by atoms with Crippen LogP contribution in [0.5, 0.6) is 0 Å². The Kier molecular flexibility index (Phi) is 5.49. The maximum absolute atomic E-state index is 11.9. The summed E-state index contributed by atoms with van der Waals surface area (Å²) in [6.45, 7) is 2.96. The van der Waals surface area contributed by atoms with E-state index >= 15 is 0 Å². The molecule has 0 heterocycles. The molecule has 4 heteroatoms. The van der Waals surface area contributed by atoms with Crippen molar-refractivity contribution in [3.8, 4) is 0 Å². The number of thioether (sulfide) groups is 1. The van der Waals surface area contributed by atoms with Gasteiger partial charge in [0.1, 0.15) is 0 Å². The van der Waals surface area contributed by atoms with Crippen LogP contribution in [0, 0.1) is 0 Å². The van der Waals surface area contributed by atoms with Gasteiger partial charge in [0.25, 0.3) is 0 Å². The molecule has 1 aliphatic carbocycles. The standard InChI is InChI=1S/C16H24N2OS/c1-2-11-18-16(15(17)19)10-6-9-14(12-16)20-13-7-4-3-5-8-13/h3-5,7-8,14,18H,2,6,9-12H2,1H3,(H2,17,19). The molecule has 0 aromatic heterocycles. The first-order valence-electron chi connectivity index (χ1n) is 7.43. The van der Waals surface area contributed by atoms with E-state index in [1.807, 2.05) is 17.8 Å². The van der Waals surface area contributed by atoms with Gasteiger partial charge in [0.05, 0.1) is 5.54 Å². The number of carbonyl (C=O) groups excluding carboxylic acids is 1. The summed E-state index contributed by atoms with van der Waals surface area (Å²) in [6, 6.07) is 10.4. The van der Waals surface area contributed by atoms with Gasteiger partial charge in [-0.2, -0.15) is 0 Å². The molecule has 1 fully saturated rings. The summed E-state index contributed by atoms with van der Waals surface area (Å²) in [5.74, 6) is -0.190. The molecule has 1 aliphatic rings. The Balaban J connectivity index is 2.04. The minimum Gasteiger partial charge on any atom is -0.368 e. The summed E-state index contributed by atoms with van der Waals surface area (Å²) in [5.41, 5.74) is 5.19. The molecule has 110 valence electrons. The lowest BCUT2D eigenvalue weighted by atomic mass is 9.80. The predicted molar refractivity (Wildman–Crippen MR) is 84.8 cm³/mol. The zero-order chi connectivity index (χ0) is 14.4. The van der Waals surface area contributed by atoms with Crippen LogP contribution in [-0.2, 0) is 4.79 Å².